The van der Waals surface area contributed by atoms with Gasteiger partial charge in [0.15, 0.2) is 0 Å². The van der Waals surface area contributed by atoms with E-state index in [0.717, 1.165) is 32.1 Å². The zero-order valence-electron chi connectivity index (χ0n) is 47.8. The van der Waals surface area contributed by atoms with Gasteiger partial charge in [-0.15, -0.1) is 0 Å². The fraction of sp³-hybridized carbons (Fsp3) is 0.951. The number of unbranched alkanes of at least 4 members (excludes halogenated alkanes) is 45. The molecule has 1 amide bonds. The van der Waals surface area contributed by atoms with Gasteiger partial charge in [-0.3, -0.25) is 13.8 Å². The molecule has 3 unspecified atom stereocenters. The van der Waals surface area contributed by atoms with Crippen molar-refractivity contribution in [2.24, 2.45) is 0 Å². The molecule has 0 aliphatic heterocycles. The first-order chi connectivity index (χ1) is 34.0. The van der Waals surface area contributed by atoms with E-state index in [0.29, 0.717) is 17.4 Å². The highest BCUT2D eigenvalue weighted by atomic mass is 31.2. The Bertz CT molecular complexity index is 1150. The molecule has 70 heavy (non-hydrogen) atoms. The van der Waals surface area contributed by atoms with E-state index in [9.17, 15) is 19.4 Å². The lowest BCUT2D eigenvalue weighted by molar-refractivity contribution is -0.870. The van der Waals surface area contributed by atoms with E-state index >= 15 is 0 Å². The SMILES string of the molecule is CCCCCCCCCCCCCCCCCCCCCCCCCCCCCCCC/C=C/C(O)C(COP(=O)(O)OCC[N+](C)(C)C)NC(=O)CCCCCCCCCCCCCCCCCC. The fourth-order valence-corrected chi connectivity index (χ4v) is 10.4. The number of phosphoric acid groups is 1. The Morgan fingerprint density at radius 1 is 0.471 bits per heavy atom. The average molecular weight is 1010 g/mol. The van der Waals surface area contributed by atoms with Crippen LogP contribution in [0.3, 0.4) is 0 Å². The van der Waals surface area contributed by atoms with Gasteiger partial charge >= 0.3 is 7.82 Å². The zero-order valence-corrected chi connectivity index (χ0v) is 48.7. The summed E-state index contributed by atoms with van der Waals surface area (Å²) in [5.41, 5.74) is 0. The molecular formula is C61H124N2O6P+. The predicted octanol–water partition coefficient (Wildman–Crippen LogP) is 19.0. The lowest BCUT2D eigenvalue weighted by atomic mass is 10.0. The molecule has 0 rings (SSSR count). The number of amides is 1. The third-order valence-electron chi connectivity index (χ3n) is 14.5. The molecule has 3 atom stereocenters. The first-order valence-corrected chi connectivity index (χ1v) is 32.6. The second-order valence-electron chi connectivity index (χ2n) is 22.8. The molecule has 0 radical (unpaired) electrons. The van der Waals surface area contributed by atoms with E-state index in [1.54, 1.807) is 6.08 Å². The van der Waals surface area contributed by atoms with Crippen LogP contribution in [-0.4, -0.2) is 73.4 Å². The highest BCUT2D eigenvalue weighted by Crippen LogP contribution is 2.43. The van der Waals surface area contributed by atoms with Gasteiger partial charge in [0.1, 0.15) is 13.2 Å². The minimum Gasteiger partial charge on any atom is -0.387 e. The Morgan fingerprint density at radius 2 is 0.757 bits per heavy atom. The number of quaternary nitrogens is 1. The first kappa shape index (κ1) is 69.2. The lowest BCUT2D eigenvalue weighted by Gasteiger charge is -2.25. The summed E-state index contributed by atoms with van der Waals surface area (Å²) in [6.07, 6.45) is 66.2. The van der Waals surface area contributed by atoms with Crippen LogP contribution in [0.5, 0.6) is 0 Å². The molecule has 0 aromatic rings. The Kier molecular flexibility index (Phi) is 52.5. The molecular weight excluding hydrogens is 888 g/mol. The van der Waals surface area contributed by atoms with Crippen LogP contribution >= 0.6 is 7.82 Å². The number of nitrogens with zero attached hydrogens (tertiary/aromatic N) is 1. The number of phosphoric ester groups is 1. The Labute approximate surface area is 437 Å². The molecule has 0 saturated carbocycles. The minimum atomic E-state index is -4.34. The highest BCUT2D eigenvalue weighted by Gasteiger charge is 2.27. The minimum absolute atomic E-state index is 0.0652. The standard InChI is InChI=1S/C61H123N2O6P/c1-6-8-10-12-14-16-18-20-22-24-25-26-27-28-29-30-31-32-33-34-35-36-37-38-39-40-42-44-46-48-50-52-54-60(64)59(58-69-70(66,67)68-57-56-63(3,4)5)62-61(65)55-53-51-49-47-45-43-41-23-21-19-17-15-13-11-9-7-2/h52,54,59-60,64H,6-51,53,55-58H2,1-5H3,(H-,62,65,66,67)/p+1/b54-52+. The predicted molar refractivity (Wildman–Crippen MR) is 305 cm³/mol. The van der Waals surface area contributed by atoms with Crippen LogP contribution in [0.2, 0.25) is 0 Å². The number of hydrogen-bond donors (Lipinski definition) is 3. The van der Waals surface area contributed by atoms with Gasteiger partial charge in [-0.1, -0.05) is 309 Å². The second-order valence-corrected chi connectivity index (χ2v) is 24.3. The maximum Gasteiger partial charge on any atom is 0.472 e. The number of carbonyl (C=O) groups is 1. The van der Waals surface area contributed by atoms with Gasteiger partial charge in [0, 0.05) is 6.42 Å². The van der Waals surface area contributed by atoms with Gasteiger partial charge in [0.05, 0.1) is 39.9 Å². The molecule has 9 heteroatoms. The van der Waals surface area contributed by atoms with Gasteiger partial charge in [0.25, 0.3) is 0 Å². The van der Waals surface area contributed by atoms with Crippen molar-refractivity contribution in [3.05, 3.63) is 12.2 Å². The monoisotopic (exact) mass is 1010 g/mol. The normalized spacial score (nSPS) is 13.9. The molecule has 8 nitrogen and oxygen atoms in total. The van der Waals surface area contributed by atoms with Crippen molar-refractivity contribution in [2.45, 2.75) is 334 Å². The van der Waals surface area contributed by atoms with Crippen molar-refractivity contribution in [1.29, 1.82) is 0 Å². The van der Waals surface area contributed by atoms with Crippen LogP contribution < -0.4 is 5.32 Å². The van der Waals surface area contributed by atoms with Crippen molar-refractivity contribution in [1.82, 2.24) is 5.32 Å². The lowest BCUT2D eigenvalue weighted by Crippen LogP contribution is -2.45. The molecule has 0 heterocycles. The topological polar surface area (TPSA) is 105 Å². The molecule has 3 N–H and O–H groups in total. The van der Waals surface area contributed by atoms with E-state index in [-0.39, 0.29) is 19.1 Å². The van der Waals surface area contributed by atoms with Crippen LogP contribution in [0.4, 0.5) is 0 Å². The van der Waals surface area contributed by atoms with Crippen molar-refractivity contribution >= 4 is 13.7 Å². The molecule has 0 bridgehead atoms. The van der Waals surface area contributed by atoms with Gasteiger partial charge < -0.3 is 19.8 Å². The zero-order chi connectivity index (χ0) is 51.3. The summed E-state index contributed by atoms with van der Waals surface area (Å²) >= 11 is 0. The van der Waals surface area contributed by atoms with Crippen molar-refractivity contribution in [2.75, 3.05) is 40.9 Å². The Balaban J connectivity index is 4.04. The fourth-order valence-electron chi connectivity index (χ4n) is 9.63. The summed E-state index contributed by atoms with van der Waals surface area (Å²) in [5.74, 6) is -0.170. The highest BCUT2D eigenvalue weighted by molar-refractivity contribution is 7.47. The van der Waals surface area contributed by atoms with Crippen molar-refractivity contribution in [3.8, 4) is 0 Å². The van der Waals surface area contributed by atoms with Gasteiger partial charge in [-0.2, -0.15) is 0 Å². The summed E-state index contributed by atoms with van der Waals surface area (Å²) in [4.78, 5) is 23.3. The van der Waals surface area contributed by atoms with Gasteiger partial charge in [0.2, 0.25) is 5.91 Å². The second kappa shape index (κ2) is 53.1. The van der Waals surface area contributed by atoms with E-state index < -0.39 is 20.0 Å². The summed E-state index contributed by atoms with van der Waals surface area (Å²) in [5, 5.41) is 14.0. The summed E-state index contributed by atoms with van der Waals surface area (Å²) in [6.45, 7) is 4.87. The van der Waals surface area contributed by atoms with E-state index in [1.165, 1.54) is 270 Å². The summed E-state index contributed by atoms with van der Waals surface area (Å²) < 4.78 is 23.7. The maximum absolute atomic E-state index is 13.0. The number of aliphatic hydroxyl groups is 1. The number of rotatable bonds is 58. The molecule has 0 aliphatic rings. The van der Waals surface area contributed by atoms with Gasteiger partial charge in [-0.25, -0.2) is 4.57 Å². The van der Waals surface area contributed by atoms with E-state index in [2.05, 4.69) is 19.2 Å². The number of allylic oxidation sites excluding steroid dienone is 1. The Morgan fingerprint density at radius 3 is 1.06 bits per heavy atom. The van der Waals surface area contributed by atoms with Crippen molar-refractivity contribution in [3.63, 3.8) is 0 Å². The molecule has 0 fully saturated rings. The molecule has 0 aromatic carbocycles. The maximum atomic E-state index is 13.0. The molecule has 0 spiro atoms. The van der Waals surface area contributed by atoms with Crippen LogP contribution in [0.15, 0.2) is 12.2 Å². The quantitative estimate of drug-likeness (QED) is 0.0243. The molecule has 0 saturated heterocycles. The summed E-state index contributed by atoms with van der Waals surface area (Å²) in [7, 11) is 1.59. The van der Waals surface area contributed by atoms with Crippen LogP contribution in [0, 0.1) is 0 Å². The third-order valence-corrected chi connectivity index (χ3v) is 15.5. The number of aliphatic hydroxyl groups excluding tert-OH is 1. The molecule has 0 aromatic heterocycles. The number of hydrogen-bond acceptors (Lipinski definition) is 5. The van der Waals surface area contributed by atoms with Gasteiger partial charge in [-0.05, 0) is 19.3 Å². The van der Waals surface area contributed by atoms with Crippen LogP contribution in [0.25, 0.3) is 0 Å². The molecule has 418 valence electrons. The van der Waals surface area contributed by atoms with E-state index in [1.807, 2.05) is 27.2 Å². The Hall–Kier alpha value is -0.760. The number of likely N-dealkylation sites (N-methyl/N-ethyl adjacent to an activating group) is 1. The average Bonchev–Trinajstić information content (AvgIpc) is 3.32. The number of carbonyl (C=O) groups excluding carboxylic acids is 1. The summed E-state index contributed by atoms with van der Waals surface area (Å²) in [6, 6.07) is -0.842. The van der Waals surface area contributed by atoms with Crippen LogP contribution in [0.1, 0.15) is 322 Å². The number of nitrogens with one attached hydrogen (secondary N) is 1. The smallest absolute Gasteiger partial charge is 0.387 e. The third kappa shape index (κ3) is 55.0. The van der Waals surface area contributed by atoms with Crippen molar-refractivity contribution < 1.29 is 32.9 Å². The van der Waals surface area contributed by atoms with E-state index in [4.69, 9.17) is 9.05 Å². The molecule has 0 aliphatic carbocycles. The largest absolute Gasteiger partial charge is 0.472 e. The first-order valence-electron chi connectivity index (χ1n) is 31.1. The van der Waals surface area contributed by atoms with Crippen LogP contribution in [-0.2, 0) is 18.4 Å².